The van der Waals surface area contributed by atoms with Gasteiger partial charge in [0.15, 0.2) is 5.82 Å². The minimum Gasteiger partial charge on any atom is -0.343 e. The largest absolute Gasteiger partial charge is 0.343 e. The molecule has 26 heavy (non-hydrogen) atoms. The number of carbonyl (C=O) groups is 1. The summed E-state index contributed by atoms with van der Waals surface area (Å²) in [6.45, 7) is 2.03. The number of aryl methyl sites for hydroxylation is 1. The number of hydrogen-bond acceptors (Lipinski definition) is 5. The first-order valence-electron chi connectivity index (χ1n) is 8.66. The highest BCUT2D eigenvalue weighted by molar-refractivity contribution is 5.94. The maximum atomic E-state index is 12.7. The lowest BCUT2D eigenvalue weighted by Gasteiger charge is -2.18. The van der Waals surface area contributed by atoms with E-state index in [-0.39, 0.29) is 11.9 Å². The lowest BCUT2D eigenvalue weighted by Crippen LogP contribution is -2.30. The monoisotopic (exact) mass is 345 g/mol. The third kappa shape index (κ3) is 3.59. The summed E-state index contributed by atoms with van der Waals surface area (Å²) < 4.78 is 0. The second kappa shape index (κ2) is 7.00. The predicted octanol–water partition coefficient (Wildman–Crippen LogP) is 3.12. The first-order chi connectivity index (χ1) is 12.7. The molecule has 1 atom stereocenters. The molecule has 1 aliphatic rings. The van der Waals surface area contributed by atoms with Gasteiger partial charge in [-0.25, -0.2) is 9.97 Å². The Hall–Kier alpha value is -3.15. The first kappa shape index (κ1) is 16.3. The van der Waals surface area contributed by atoms with Crippen molar-refractivity contribution in [3.05, 3.63) is 72.1 Å². The van der Waals surface area contributed by atoms with E-state index in [4.69, 9.17) is 0 Å². The molecule has 1 aliphatic carbocycles. The summed E-state index contributed by atoms with van der Waals surface area (Å²) in [5.74, 6) is 0.847. The zero-order valence-electron chi connectivity index (χ0n) is 14.5. The average Bonchev–Trinajstić information content (AvgIpc) is 3.52. The molecule has 0 spiro atoms. The van der Waals surface area contributed by atoms with E-state index in [1.807, 2.05) is 31.2 Å². The SMILES string of the molecule is Cc1ccnc([C@@H](NC(=O)c2cnc(-c3ccncc3)nc2)C2CC2)c1. The van der Waals surface area contributed by atoms with Gasteiger partial charge in [-0.15, -0.1) is 0 Å². The molecule has 0 bridgehead atoms. The van der Waals surface area contributed by atoms with Crippen LogP contribution in [0, 0.1) is 12.8 Å². The molecule has 130 valence electrons. The van der Waals surface area contributed by atoms with Crippen LogP contribution < -0.4 is 5.32 Å². The molecular weight excluding hydrogens is 326 g/mol. The fourth-order valence-corrected chi connectivity index (χ4v) is 2.91. The van der Waals surface area contributed by atoms with Crippen LogP contribution in [0.5, 0.6) is 0 Å². The third-order valence-corrected chi connectivity index (χ3v) is 4.49. The Morgan fingerprint density at radius 2 is 1.81 bits per heavy atom. The quantitative estimate of drug-likeness (QED) is 0.768. The van der Waals surface area contributed by atoms with E-state index < -0.39 is 0 Å². The van der Waals surface area contributed by atoms with E-state index in [0.717, 1.165) is 29.7 Å². The lowest BCUT2D eigenvalue weighted by molar-refractivity contribution is 0.0930. The molecule has 1 amide bonds. The molecule has 3 aromatic rings. The molecule has 0 unspecified atom stereocenters. The Labute approximate surface area is 151 Å². The van der Waals surface area contributed by atoms with Crippen LogP contribution in [0.1, 0.15) is 40.5 Å². The van der Waals surface area contributed by atoms with Crippen molar-refractivity contribution in [3.63, 3.8) is 0 Å². The van der Waals surface area contributed by atoms with E-state index >= 15 is 0 Å². The predicted molar refractivity (Wildman–Crippen MR) is 97.2 cm³/mol. The number of nitrogens with zero attached hydrogens (tertiary/aromatic N) is 4. The molecule has 3 heterocycles. The van der Waals surface area contributed by atoms with Gasteiger partial charge in [-0.2, -0.15) is 0 Å². The van der Waals surface area contributed by atoms with E-state index in [2.05, 4.69) is 25.3 Å². The van der Waals surface area contributed by atoms with Crippen LogP contribution in [0.3, 0.4) is 0 Å². The van der Waals surface area contributed by atoms with Gasteiger partial charge < -0.3 is 5.32 Å². The van der Waals surface area contributed by atoms with Crippen LogP contribution in [-0.2, 0) is 0 Å². The van der Waals surface area contributed by atoms with Crippen molar-refractivity contribution in [2.45, 2.75) is 25.8 Å². The third-order valence-electron chi connectivity index (χ3n) is 4.49. The second-order valence-corrected chi connectivity index (χ2v) is 6.58. The van der Waals surface area contributed by atoms with Gasteiger partial charge in [0.1, 0.15) is 0 Å². The van der Waals surface area contributed by atoms with Crippen LogP contribution in [0.4, 0.5) is 0 Å². The van der Waals surface area contributed by atoms with E-state index in [0.29, 0.717) is 17.3 Å². The van der Waals surface area contributed by atoms with Crippen molar-refractivity contribution in [1.82, 2.24) is 25.3 Å². The first-order valence-corrected chi connectivity index (χ1v) is 8.66. The highest BCUT2D eigenvalue weighted by atomic mass is 16.1. The number of carbonyl (C=O) groups excluding carboxylic acids is 1. The Balaban J connectivity index is 1.51. The number of hydrogen-bond donors (Lipinski definition) is 1. The Bertz CT molecular complexity index is 907. The van der Waals surface area contributed by atoms with Crippen molar-refractivity contribution in [2.24, 2.45) is 5.92 Å². The second-order valence-electron chi connectivity index (χ2n) is 6.58. The van der Waals surface area contributed by atoms with Gasteiger partial charge in [-0.3, -0.25) is 14.8 Å². The molecule has 4 rings (SSSR count). The Kier molecular flexibility index (Phi) is 4.39. The maximum Gasteiger partial charge on any atom is 0.254 e. The van der Waals surface area contributed by atoms with E-state index in [9.17, 15) is 4.79 Å². The average molecular weight is 345 g/mol. The number of pyridine rings is 2. The minimum absolute atomic E-state index is 0.0673. The van der Waals surface area contributed by atoms with Crippen molar-refractivity contribution in [2.75, 3.05) is 0 Å². The molecule has 0 saturated heterocycles. The fourth-order valence-electron chi connectivity index (χ4n) is 2.91. The molecule has 1 N–H and O–H groups in total. The van der Waals surface area contributed by atoms with E-state index in [1.165, 1.54) is 0 Å². The van der Waals surface area contributed by atoms with Gasteiger partial charge in [0.25, 0.3) is 5.91 Å². The number of aromatic nitrogens is 4. The van der Waals surface area contributed by atoms with Crippen LogP contribution >= 0.6 is 0 Å². The molecule has 0 aromatic carbocycles. The topological polar surface area (TPSA) is 80.7 Å². The molecule has 6 heteroatoms. The molecule has 0 aliphatic heterocycles. The lowest BCUT2D eigenvalue weighted by atomic mass is 10.1. The molecule has 3 aromatic heterocycles. The molecule has 1 fully saturated rings. The van der Waals surface area contributed by atoms with Crippen molar-refractivity contribution < 1.29 is 4.79 Å². The molecular formula is C20H19N5O. The summed E-state index contributed by atoms with van der Waals surface area (Å²) in [5.41, 5.74) is 3.36. The van der Waals surface area contributed by atoms with Crippen LogP contribution in [0.15, 0.2) is 55.2 Å². The standard InChI is InChI=1S/C20H19N5O/c1-13-4-9-22-17(10-13)18(14-2-3-14)25-20(26)16-11-23-19(24-12-16)15-5-7-21-8-6-15/h4-12,14,18H,2-3H2,1H3,(H,25,26)/t18-/m0/s1. The zero-order chi connectivity index (χ0) is 17.9. The zero-order valence-corrected chi connectivity index (χ0v) is 14.5. The molecule has 1 saturated carbocycles. The van der Waals surface area contributed by atoms with Gasteiger partial charge in [0, 0.05) is 36.5 Å². The normalized spacial score (nSPS) is 14.7. The summed E-state index contributed by atoms with van der Waals surface area (Å²) in [6, 6.07) is 7.60. The number of amides is 1. The van der Waals surface area contributed by atoms with E-state index in [1.54, 1.807) is 31.0 Å². The Morgan fingerprint density at radius 1 is 1.08 bits per heavy atom. The smallest absolute Gasteiger partial charge is 0.254 e. The summed E-state index contributed by atoms with van der Waals surface area (Å²) in [4.78, 5) is 29.7. The summed E-state index contributed by atoms with van der Waals surface area (Å²) in [7, 11) is 0. The van der Waals surface area contributed by atoms with Crippen molar-refractivity contribution >= 4 is 5.91 Å². The van der Waals surface area contributed by atoms with Crippen LogP contribution in [0.2, 0.25) is 0 Å². The highest BCUT2D eigenvalue weighted by Gasteiger charge is 2.34. The summed E-state index contributed by atoms with van der Waals surface area (Å²) in [6.07, 6.45) is 10.5. The number of rotatable bonds is 5. The molecule has 6 nitrogen and oxygen atoms in total. The highest BCUT2D eigenvalue weighted by Crippen LogP contribution is 2.40. The van der Waals surface area contributed by atoms with Crippen LogP contribution in [0.25, 0.3) is 11.4 Å². The Morgan fingerprint density at radius 3 is 2.46 bits per heavy atom. The number of nitrogens with one attached hydrogen (secondary N) is 1. The van der Waals surface area contributed by atoms with Crippen LogP contribution in [-0.4, -0.2) is 25.8 Å². The van der Waals surface area contributed by atoms with Gasteiger partial charge in [0.2, 0.25) is 0 Å². The molecule has 0 radical (unpaired) electrons. The van der Waals surface area contributed by atoms with Crippen molar-refractivity contribution in [3.8, 4) is 11.4 Å². The summed E-state index contributed by atoms with van der Waals surface area (Å²) in [5, 5.41) is 3.11. The fraction of sp³-hybridized carbons (Fsp3) is 0.250. The maximum absolute atomic E-state index is 12.7. The van der Waals surface area contributed by atoms with Gasteiger partial charge in [-0.1, -0.05) is 0 Å². The van der Waals surface area contributed by atoms with Gasteiger partial charge in [-0.05, 0) is 55.5 Å². The van der Waals surface area contributed by atoms with Gasteiger partial charge >= 0.3 is 0 Å². The van der Waals surface area contributed by atoms with Crippen molar-refractivity contribution in [1.29, 1.82) is 0 Å². The van der Waals surface area contributed by atoms with Gasteiger partial charge in [0.05, 0.1) is 17.3 Å². The minimum atomic E-state index is -0.175. The summed E-state index contributed by atoms with van der Waals surface area (Å²) >= 11 is 0.